The molecule has 0 bridgehead atoms. The number of amides is 1. The van der Waals surface area contributed by atoms with Crippen LogP contribution >= 0.6 is 0 Å². The van der Waals surface area contributed by atoms with Crippen LogP contribution in [0.25, 0.3) is 5.57 Å². The van der Waals surface area contributed by atoms with Gasteiger partial charge in [-0.05, 0) is 44.9 Å². The summed E-state index contributed by atoms with van der Waals surface area (Å²) in [4.78, 5) is 26.2. The molecule has 0 aliphatic carbocycles. The quantitative estimate of drug-likeness (QED) is 0.777. The molecule has 0 fully saturated rings. The van der Waals surface area contributed by atoms with E-state index >= 15 is 0 Å². The van der Waals surface area contributed by atoms with Crippen molar-refractivity contribution < 1.29 is 22.7 Å². The molecule has 1 N–H and O–H groups in total. The molecule has 1 aliphatic heterocycles. The fourth-order valence-corrected chi connectivity index (χ4v) is 2.80. The Hall–Kier alpha value is -3.17. The van der Waals surface area contributed by atoms with Crippen molar-refractivity contribution in [3.63, 3.8) is 0 Å². The molecule has 0 atom stereocenters. The van der Waals surface area contributed by atoms with Gasteiger partial charge in [-0.1, -0.05) is 6.08 Å². The van der Waals surface area contributed by atoms with Gasteiger partial charge in [0.05, 0.1) is 5.56 Å². The summed E-state index contributed by atoms with van der Waals surface area (Å²) >= 11 is 0. The zero-order valence-electron chi connectivity index (χ0n) is 16.8. The number of carbonyl (C=O) groups is 1. The third-order valence-corrected chi connectivity index (χ3v) is 4.20. The number of hydrogen-bond donors (Lipinski definition) is 1. The molecular weight excluding hydrogens is 399 g/mol. The van der Waals surface area contributed by atoms with Gasteiger partial charge in [0, 0.05) is 31.7 Å². The highest BCUT2D eigenvalue weighted by Gasteiger charge is 2.30. The van der Waals surface area contributed by atoms with Crippen molar-refractivity contribution in [3.05, 3.63) is 48.1 Å². The van der Waals surface area contributed by atoms with Gasteiger partial charge in [0.2, 0.25) is 0 Å². The van der Waals surface area contributed by atoms with Crippen molar-refractivity contribution in [2.75, 3.05) is 18.4 Å². The number of ether oxygens (including phenoxy) is 1. The number of nitrogens with zero attached hydrogens (tertiary/aromatic N) is 4. The number of hydrogen-bond acceptors (Lipinski definition) is 6. The molecule has 2 aromatic heterocycles. The molecule has 0 radical (unpaired) electrons. The van der Waals surface area contributed by atoms with Crippen LogP contribution in [0, 0.1) is 0 Å². The molecule has 0 unspecified atom stereocenters. The smallest absolute Gasteiger partial charge is 0.417 e. The van der Waals surface area contributed by atoms with Crippen LogP contribution in [-0.2, 0) is 10.9 Å². The van der Waals surface area contributed by atoms with Gasteiger partial charge < -0.3 is 15.0 Å². The molecule has 10 heteroatoms. The molecule has 160 valence electrons. The lowest BCUT2D eigenvalue weighted by Crippen LogP contribution is -2.39. The number of pyridine rings is 1. The van der Waals surface area contributed by atoms with Crippen LogP contribution in [-0.4, -0.2) is 44.6 Å². The molecule has 1 aliphatic rings. The fourth-order valence-electron chi connectivity index (χ4n) is 2.80. The van der Waals surface area contributed by atoms with E-state index in [0.717, 1.165) is 17.8 Å². The molecule has 2 aromatic rings. The summed E-state index contributed by atoms with van der Waals surface area (Å²) in [6, 6.07) is 2.19. The Morgan fingerprint density at radius 1 is 1.13 bits per heavy atom. The van der Waals surface area contributed by atoms with Crippen molar-refractivity contribution in [2.24, 2.45) is 0 Å². The van der Waals surface area contributed by atoms with Crippen LogP contribution < -0.4 is 5.32 Å². The van der Waals surface area contributed by atoms with Crippen molar-refractivity contribution >= 4 is 23.3 Å². The van der Waals surface area contributed by atoms with E-state index in [-0.39, 0.29) is 11.9 Å². The number of halogens is 3. The summed E-state index contributed by atoms with van der Waals surface area (Å²) in [6.07, 6.45) is 1.33. The fraction of sp³-hybridized carbons (Fsp3) is 0.400. The third kappa shape index (κ3) is 5.46. The van der Waals surface area contributed by atoms with E-state index in [4.69, 9.17) is 4.74 Å². The van der Waals surface area contributed by atoms with Gasteiger partial charge in [-0.2, -0.15) is 13.2 Å². The molecule has 30 heavy (non-hydrogen) atoms. The molecule has 3 rings (SSSR count). The first-order chi connectivity index (χ1) is 14.0. The maximum Gasteiger partial charge on any atom is 0.417 e. The first-order valence-corrected chi connectivity index (χ1v) is 9.31. The lowest BCUT2D eigenvalue weighted by Gasteiger charge is -2.29. The third-order valence-electron chi connectivity index (χ3n) is 4.20. The van der Waals surface area contributed by atoms with Gasteiger partial charge >= 0.3 is 12.3 Å². The molecule has 0 saturated carbocycles. The number of alkyl halides is 3. The Bertz CT molecular complexity index is 937. The molecule has 0 aromatic carbocycles. The Kier molecular flexibility index (Phi) is 5.95. The lowest BCUT2D eigenvalue weighted by atomic mass is 10.0. The largest absolute Gasteiger partial charge is 0.444 e. The van der Waals surface area contributed by atoms with Crippen LogP contribution in [0.1, 0.15) is 38.4 Å². The van der Waals surface area contributed by atoms with Crippen LogP contribution in [0.5, 0.6) is 0 Å². The molecular formula is C20H22F3N5O2. The highest BCUT2D eigenvalue weighted by atomic mass is 19.4. The molecule has 1 amide bonds. The highest BCUT2D eigenvalue weighted by molar-refractivity contribution is 5.76. The summed E-state index contributed by atoms with van der Waals surface area (Å²) in [7, 11) is 0. The highest BCUT2D eigenvalue weighted by Crippen LogP contribution is 2.30. The molecule has 3 heterocycles. The van der Waals surface area contributed by atoms with E-state index in [2.05, 4.69) is 20.3 Å². The number of carbonyl (C=O) groups excluding carboxylic acids is 1. The van der Waals surface area contributed by atoms with Crippen molar-refractivity contribution in [1.29, 1.82) is 0 Å². The van der Waals surface area contributed by atoms with Crippen LogP contribution in [0.3, 0.4) is 0 Å². The van der Waals surface area contributed by atoms with E-state index in [1.54, 1.807) is 4.90 Å². The van der Waals surface area contributed by atoms with E-state index in [1.807, 2.05) is 26.8 Å². The second-order valence-electron chi connectivity index (χ2n) is 7.71. The second-order valence-corrected chi connectivity index (χ2v) is 7.71. The zero-order chi connectivity index (χ0) is 21.9. The summed E-state index contributed by atoms with van der Waals surface area (Å²) < 4.78 is 43.5. The summed E-state index contributed by atoms with van der Waals surface area (Å²) in [6.45, 7) is 6.24. The minimum Gasteiger partial charge on any atom is -0.444 e. The van der Waals surface area contributed by atoms with E-state index in [0.29, 0.717) is 31.0 Å². The van der Waals surface area contributed by atoms with Gasteiger partial charge in [0.15, 0.2) is 5.82 Å². The predicted molar refractivity (Wildman–Crippen MR) is 105 cm³/mol. The summed E-state index contributed by atoms with van der Waals surface area (Å²) in [5, 5.41) is 2.92. The topological polar surface area (TPSA) is 80.2 Å². The first kappa shape index (κ1) is 21.5. The first-order valence-electron chi connectivity index (χ1n) is 9.31. The Balaban J connectivity index is 1.74. The number of anilines is 2. The number of rotatable bonds is 3. The Labute approximate surface area is 172 Å². The van der Waals surface area contributed by atoms with Crippen LogP contribution in [0.2, 0.25) is 0 Å². The monoisotopic (exact) mass is 421 g/mol. The van der Waals surface area contributed by atoms with Crippen LogP contribution in [0.4, 0.5) is 29.6 Å². The molecule has 7 nitrogen and oxygen atoms in total. The average molecular weight is 421 g/mol. The van der Waals surface area contributed by atoms with Crippen molar-refractivity contribution in [2.45, 2.75) is 39.0 Å². The van der Waals surface area contributed by atoms with Gasteiger partial charge in [0.25, 0.3) is 0 Å². The van der Waals surface area contributed by atoms with Crippen molar-refractivity contribution in [3.8, 4) is 0 Å². The Morgan fingerprint density at radius 2 is 1.87 bits per heavy atom. The van der Waals surface area contributed by atoms with Gasteiger partial charge in [-0.3, -0.25) is 4.98 Å². The average Bonchev–Trinajstić information content (AvgIpc) is 2.67. The second kappa shape index (κ2) is 8.29. The van der Waals surface area contributed by atoms with Crippen molar-refractivity contribution in [1.82, 2.24) is 19.9 Å². The van der Waals surface area contributed by atoms with Gasteiger partial charge in [0.1, 0.15) is 17.1 Å². The number of aromatic nitrogens is 3. The maximum absolute atomic E-state index is 12.7. The SMILES string of the molecule is CC(C)(C)OC(=O)N1CC=C(c2nccnc2Nc2ccc(C(F)(F)F)cn2)CC1. The summed E-state index contributed by atoms with van der Waals surface area (Å²) in [5.74, 6) is 0.596. The minimum absolute atomic E-state index is 0.219. The maximum atomic E-state index is 12.7. The Morgan fingerprint density at radius 3 is 2.43 bits per heavy atom. The zero-order valence-corrected chi connectivity index (χ0v) is 16.8. The lowest BCUT2D eigenvalue weighted by molar-refractivity contribution is -0.137. The number of nitrogens with one attached hydrogen (secondary N) is 1. The normalized spacial score (nSPS) is 14.9. The predicted octanol–water partition coefficient (Wildman–Crippen LogP) is 4.66. The summed E-state index contributed by atoms with van der Waals surface area (Å²) in [5.41, 5.74) is 0.0302. The van der Waals surface area contributed by atoms with Gasteiger partial charge in [-0.25, -0.2) is 14.8 Å². The van der Waals surface area contributed by atoms with Crippen LogP contribution in [0.15, 0.2) is 36.8 Å². The van der Waals surface area contributed by atoms with E-state index in [1.165, 1.54) is 18.5 Å². The standard InChI is InChI=1S/C20H22F3N5O2/c1-19(2,3)30-18(29)28-10-6-13(7-11-28)16-17(25-9-8-24-16)27-15-5-4-14(12-26-15)20(21,22)23/h4-6,8-9,12H,7,10-11H2,1-3H3,(H,25,26,27). The molecule has 0 spiro atoms. The molecule has 0 saturated heterocycles. The van der Waals surface area contributed by atoms with E-state index in [9.17, 15) is 18.0 Å². The minimum atomic E-state index is -4.45. The van der Waals surface area contributed by atoms with Gasteiger partial charge in [-0.15, -0.1) is 0 Å². The van der Waals surface area contributed by atoms with E-state index < -0.39 is 17.3 Å².